The maximum Gasteiger partial charge on any atom is 0.323 e. The molecule has 0 bridgehead atoms. The van der Waals surface area contributed by atoms with Crippen LogP contribution in [0, 0.1) is 11.7 Å². The molecule has 1 unspecified atom stereocenters. The second-order valence-corrected chi connectivity index (χ2v) is 8.03. The summed E-state index contributed by atoms with van der Waals surface area (Å²) in [5.74, 6) is -4.25. The number of amides is 4. The van der Waals surface area contributed by atoms with Crippen LogP contribution in [-0.2, 0) is 19.1 Å². The van der Waals surface area contributed by atoms with Crippen molar-refractivity contribution in [3.63, 3.8) is 0 Å². The number of benzene rings is 1. The zero-order valence-corrected chi connectivity index (χ0v) is 18.2. The fraction of sp³-hybridized carbons (Fsp3) is 0.500. The maximum atomic E-state index is 14.1. The van der Waals surface area contributed by atoms with Crippen LogP contribution in [0.1, 0.15) is 54.3 Å². The summed E-state index contributed by atoms with van der Waals surface area (Å²) in [4.78, 5) is 64.6. The van der Waals surface area contributed by atoms with Gasteiger partial charge in [0.15, 0.2) is 0 Å². The van der Waals surface area contributed by atoms with Crippen molar-refractivity contribution in [2.24, 2.45) is 5.92 Å². The molecule has 0 aromatic heterocycles. The number of halogens is 1. The normalized spacial score (nSPS) is 19.6. The van der Waals surface area contributed by atoms with Gasteiger partial charge < -0.3 is 10.1 Å². The van der Waals surface area contributed by atoms with E-state index < -0.39 is 47.5 Å². The van der Waals surface area contributed by atoms with Crippen molar-refractivity contribution in [1.82, 2.24) is 15.1 Å². The predicted octanol–water partition coefficient (Wildman–Crippen LogP) is 1.12. The maximum absolute atomic E-state index is 14.1. The van der Waals surface area contributed by atoms with E-state index in [1.54, 1.807) is 0 Å². The number of likely N-dealkylation sites (N-methyl/N-ethyl adjacent to an activating group) is 1. The van der Waals surface area contributed by atoms with Crippen molar-refractivity contribution in [2.45, 2.75) is 45.7 Å². The zero-order chi connectivity index (χ0) is 23.6. The minimum absolute atomic E-state index is 0.0145. The molecule has 1 aromatic carbocycles. The van der Waals surface area contributed by atoms with E-state index in [0.29, 0.717) is 6.54 Å². The van der Waals surface area contributed by atoms with Crippen molar-refractivity contribution in [3.05, 3.63) is 35.1 Å². The molecular formula is C22H26FN3O6. The van der Waals surface area contributed by atoms with Crippen LogP contribution in [0.4, 0.5) is 4.39 Å². The number of piperidine rings is 1. The number of imide groups is 2. The molecule has 2 aliphatic heterocycles. The van der Waals surface area contributed by atoms with Crippen LogP contribution in [0.15, 0.2) is 18.2 Å². The molecule has 2 aliphatic rings. The topological polar surface area (TPSA) is 113 Å². The van der Waals surface area contributed by atoms with Gasteiger partial charge in [-0.25, -0.2) is 4.39 Å². The first kappa shape index (κ1) is 23.5. The van der Waals surface area contributed by atoms with E-state index in [1.165, 1.54) is 12.1 Å². The van der Waals surface area contributed by atoms with Gasteiger partial charge in [-0.2, -0.15) is 0 Å². The first-order chi connectivity index (χ1) is 15.2. The van der Waals surface area contributed by atoms with E-state index in [9.17, 15) is 28.4 Å². The third-order valence-corrected chi connectivity index (χ3v) is 5.59. The Hall–Kier alpha value is -3.14. The number of esters is 1. The molecule has 1 N–H and O–H groups in total. The summed E-state index contributed by atoms with van der Waals surface area (Å²) in [6.07, 6.45) is -0.122. The molecule has 1 aromatic rings. The summed E-state index contributed by atoms with van der Waals surface area (Å²) in [5.41, 5.74) is -0.478. The summed E-state index contributed by atoms with van der Waals surface area (Å²) < 4.78 is 19.3. The average molecular weight is 447 g/mol. The standard InChI is InChI=1S/C22H26FN3O6/c1-4-24-18(12(2)3)22(31)32-11-10-25-16(27)9-8-15(20(25)29)26-19(28)13-6-5-7-14(23)17(13)21(26)30/h5-7,12,15,18,24H,4,8-11H2,1-3H3/t15?,18-/m0/s1. The van der Waals surface area contributed by atoms with E-state index in [2.05, 4.69) is 5.32 Å². The highest BCUT2D eigenvalue weighted by atomic mass is 19.1. The Labute approximate surface area is 184 Å². The fourth-order valence-corrected chi connectivity index (χ4v) is 3.98. The summed E-state index contributed by atoms with van der Waals surface area (Å²) in [6.45, 7) is 5.74. The van der Waals surface area contributed by atoms with Crippen molar-refractivity contribution in [1.29, 1.82) is 0 Å². The van der Waals surface area contributed by atoms with Crippen molar-refractivity contribution in [2.75, 3.05) is 19.7 Å². The third-order valence-electron chi connectivity index (χ3n) is 5.59. The number of carbonyl (C=O) groups excluding carboxylic acids is 5. The summed E-state index contributed by atoms with van der Waals surface area (Å²) in [7, 11) is 0. The summed E-state index contributed by atoms with van der Waals surface area (Å²) in [5, 5.41) is 3.02. The Morgan fingerprint density at radius 2 is 1.94 bits per heavy atom. The lowest BCUT2D eigenvalue weighted by molar-refractivity contribution is -0.156. The van der Waals surface area contributed by atoms with Gasteiger partial charge in [-0.15, -0.1) is 0 Å². The van der Waals surface area contributed by atoms with Crippen LogP contribution in [0.5, 0.6) is 0 Å². The number of nitrogens with one attached hydrogen (secondary N) is 1. The highest BCUT2D eigenvalue weighted by Crippen LogP contribution is 2.30. The van der Waals surface area contributed by atoms with Crippen LogP contribution < -0.4 is 5.32 Å². The van der Waals surface area contributed by atoms with Gasteiger partial charge in [-0.3, -0.25) is 33.8 Å². The number of carbonyl (C=O) groups is 5. The molecule has 0 radical (unpaired) electrons. The number of hydrogen-bond acceptors (Lipinski definition) is 7. The largest absolute Gasteiger partial charge is 0.463 e. The Morgan fingerprint density at radius 1 is 1.22 bits per heavy atom. The zero-order valence-electron chi connectivity index (χ0n) is 18.2. The van der Waals surface area contributed by atoms with Gasteiger partial charge in [0.25, 0.3) is 17.7 Å². The Balaban J connectivity index is 1.69. The SMILES string of the molecule is CCN[C@H](C(=O)OCCN1C(=O)CCC(N2C(=O)c3cccc(F)c3C2=O)C1=O)C(C)C. The second-order valence-electron chi connectivity index (χ2n) is 8.03. The molecule has 32 heavy (non-hydrogen) atoms. The Morgan fingerprint density at radius 3 is 2.56 bits per heavy atom. The molecule has 0 aliphatic carbocycles. The van der Waals surface area contributed by atoms with Gasteiger partial charge in [0, 0.05) is 6.42 Å². The van der Waals surface area contributed by atoms with Gasteiger partial charge in [-0.1, -0.05) is 26.8 Å². The van der Waals surface area contributed by atoms with Crippen molar-refractivity contribution >= 4 is 29.6 Å². The number of hydrogen-bond donors (Lipinski definition) is 1. The lowest BCUT2D eigenvalue weighted by Gasteiger charge is -2.34. The number of rotatable bonds is 8. The molecule has 9 nitrogen and oxygen atoms in total. The quantitative estimate of drug-likeness (QED) is 0.469. The van der Waals surface area contributed by atoms with Crippen LogP contribution in [-0.4, -0.2) is 71.2 Å². The van der Waals surface area contributed by atoms with E-state index in [0.717, 1.165) is 15.9 Å². The van der Waals surface area contributed by atoms with Gasteiger partial charge in [0.05, 0.1) is 17.7 Å². The first-order valence-electron chi connectivity index (χ1n) is 10.6. The monoisotopic (exact) mass is 447 g/mol. The average Bonchev–Trinajstić information content (AvgIpc) is 3.00. The molecule has 2 heterocycles. The molecule has 0 saturated carbocycles. The highest BCUT2D eigenvalue weighted by molar-refractivity contribution is 6.23. The van der Waals surface area contributed by atoms with Crippen LogP contribution >= 0.6 is 0 Å². The Bertz CT molecular complexity index is 963. The van der Waals surface area contributed by atoms with E-state index >= 15 is 0 Å². The van der Waals surface area contributed by atoms with E-state index in [1.807, 2.05) is 20.8 Å². The molecule has 0 spiro atoms. The van der Waals surface area contributed by atoms with E-state index in [4.69, 9.17) is 4.74 Å². The molecule has 1 fully saturated rings. The van der Waals surface area contributed by atoms with Gasteiger partial charge in [0.2, 0.25) is 5.91 Å². The highest BCUT2D eigenvalue weighted by Gasteiger charge is 2.47. The fourth-order valence-electron chi connectivity index (χ4n) is 3.98. The number of nitrogens with zero attached hydrogens (tertiary/aromatic N) is 2. The minimum Gasteiger partial charge on any atom is -0.463 e. The van der Waals surface area contributed by atoms with Crippen LogP contribution in [0.3, 0.4) is 0 Å². The van der Waals surface area contributed by atoms with Crippen LogP contribution in [0.25, 0.3) is 0 Å². The second kappa shape index (κ2) is 9.56. The molecule has 172 valence electrons. The molecule has 1 saturated heterocycles. The molecule has 10 heteroatoms. The number of likely N-dealkylation sites (tertiary alicyclic amines) is 1. The molecule has 3 rings (SSSR count). The van der Waals surface area contributed by atoms with Crippen LogP contribution in [0.2, 0.25) is 0 Å². The summed E-state index contributed by atoms with van der Waals surface area (Å²) >= 11 is 0. The Kier molecular flexibility index (Phi) is 7.02. The van der Waals surface area contributed by atoms with E-state index in [-0.39, 0.29) is 43.0 Å². The molecular weight excluding hydrogens is 421 g/mol. The molecule has 4 amide bonds. The lowest BCUT2D eigenvalue weighted by atomic mass is 10.0. The number of fused-ring (bicyclic) bond motifs is 1. The van der Waals surface area contributed by atoms with Gasteiger partial charge >= 0.3 is 5.97 Å². The van der Waals surface area contributed by atoms with Gasteiger partial charge in [-0.05, 0) is 31.0 Å². The van der Waals surface area contributed by atoms with Gasteiger partial charge in [0.1, 0.15) is 24.5 Å². The lowest BCUT2D eigenvalue weighted by Crippen LogP contribution is -2.56. The van der Waals surface area contributed by atoms with Crippen molar-refractivity contribution in [3.8, 4) is 0 Å². The smallest absolute Gasteiger partial charge is 0.323 e. The molecule has 2 atom stereocenters. The first-order valence-corrected chi connectivity index (χ1v) is 10.6. The van der Waals surface area contributed by atoms with Crippen molar-refractivity contribution < 1.29 is 33.1 Å². The third kappa shape index (κ3) is 4.27. The summed E-state index contributed by atoms with van der Waals surface area (Å²) in [6, 6.07) is 1.96. The predicted molar refractivity (Wildman–Crippen MR) is 110 cm³/mol. The minimum atomic E-state index is -1.22. The number of ether oxygens (including phenoxy) is 1.